The Morgan fingerprint density at radius 2 is 1.87 bits per heavy atom. The van der Waals surface area contributed by atoms with E-state index in [9.17, 15) is 13.2 Å². The third-order valence-corrected chi connectivity index (χ3v) is 7.25. The molecule has 2 heterocycles. The zero-order chi connectivity index (χ0) is 21.3. The van der Waals surface area contributed by atoms with Gasteiger partial charge < -0.3 is 14.5 Å². The van der Waals surface area contributed by atoms with Gasteiger partial charge in [-0.25, -0.2) is 8.42 Å². The Morgan fingerprint density at radius 3 is 2.57 bits per heavy atom. The number of carbonyl (C=O) groups is 1. The zero-order valence-corrected chi connectivity index (χ0v) is 17.7. The number of carbonyl (C=O) groups excluding carboxylic acids is 1. The maximum Gasteiger partial charge on any atom is 0.251 e. The fraction of sp³-hybridized carbons (Fsp3) is 0.318. The number of methoxy groups -OCH3 is 1. The monoisotopic (exact) mass is 428 g/mol. The van der Waals surface area contributed by atoms with Crippen molar-refractivity contribution in [3.8, 4) is 5.75 Å². The van der Waals surface area contributed by atoms with Crippen LogP contribution in [0.15, 0.2) is 57.8 Å². The van der Waals surface area contributed by atoms with Crippen LogP contribution in [0.4, 0.5) is 0 Å². The van der Waals surface area contributed by atoms with Crippen molar-refractivity contribution in [2.75, 3.05) is 20.2 Å². The Kier molecular flexibility index (Phi) is 5.53. The summed E-state index contributed by atoms with van der Waals surface area (Å²) < 4.78 is 38.6. The smallest absolute Gasteiger partial charge is 0.251 e. The van der Waals surface area contributed by atoms with Crippen LogP contribution in [0.5, 0.6) is 5.75 Å². The van der Waals surface area contributed by atoms with Gasteiger partial charge in [0, 0.05) is 24.0 Å². The Balaban J connectivity index is 1.59. The summed E-state index contributed by atoms with van der Waals surface area (Å²) in [6, 6.07) is 13.6. The topological polar surface area (TPSA) is 88.8 Å². The first-order valence-corrected chi connectivity index (χ1v) is 11.3. The number of nitrogens with zero attached hydrogens (tertiary/aromatic N) is 1. The highest BCUT2D eigenvalue weighted by molar-refractivity contribution is 7.89. The highest BCUT2D eigenvalue weighted by Crippen LogP contribution is 2.30. The van der Waals surface area contributed by atoms with E-state index in [4.69, 9.17) is 9.15 Å². The van der Waals surface area contributed by atoms with Crippen molar-refractivity contribution in [3.05, 3.63) is 59.9 Å². The van der Waals surface area contributed by atoms with Gasteiger partial charge in [-0.15, -0.1) is 0 Å². The molecule has 30 heavy (non-hydrogen) atoms. The number of rotatable bonds is 6. The van der Waals surface area contributed by atoms with Gasteiger partial charge in [-0.05, 0) is 50.1 Å². The van der Waals surface area contributed by atoms with E-state index in [0.29, 0.717) is 18.8 Å². The first-order valence-electron chi connectivity index (χ1n) is 9.87. The summed E-state index contributed by atoms with van der Waals surface area (Å²) in [7, 11) is -2.31. The van der Waals surface area contributed by atoms with E-state index >= 15 is 0 Å². The van der Waals surface area contributed by atoms with Gasteiger partial charge in [-0.3, -0.25) is 4.79 Å². The average Bonchev–Trinajstić information content (AvgIpc) is 3.43. The van der Waals surface area contributed by atoms with Crippen molar-refractivity contribution in [3.63, 3.8) is 0 Å². The predicted molar refractivity (Wildman–Crippen MR) is 113 cm³/mol. The first-order chi connectivity index (χ1) is 14.4. The van der Waals surface area contributed by atoms with Crippen molar-refractivity contribution in [2.45, 2.75) is 30.7 Å². The summed E-state index contributed by atoms with van der Waals surface area (Å²) in [5.74, 6) is 0.468. The second kappa shape index (κ2) is 8.12. The van der Waals surface area contributed by atoms with Gasteiger partial charge in [-0.1, -0.05) is 18.2 Å². The predicted octanol–water partition coefficient (Wildman–Crippen LogP) is 3.72. The van der Waals surface area contributed by atoms with Gasteiger partial charge in [-0.2, -0.15) is 4.31 Å². The SMILES string of the molecule is COc1ccc(C(=O)N[C@@H](C)c2cc3ccccc3o2)cc1S(=O)(=O)N1CCCC1. The average molecular weight is 429 g/mol. The largest absolute Gasteiger partial charge is 0.495 e. The molecule has 0 unspecified atom stereocenters. The Morgan fingerprint density at radius 1 is 1.13 bits per heavy atom. The second-order valence-corrected chi connectivity index (χ2v) is 9.26. The van der Waals surface area contributed by atoms with Crippen LogP contribution < -0.4 is 10.1 Å². The van der Waals surface area contributed by atoms with Crippen LogP contribution in [-0.2, 0) is 10.0 Å². The molecule has 0 aliphatic carbocycles. The number of para-hydroxylation sites is 1. The standard InChI is InChI=1S/C22H24N2O5S/c1-15(20-13-16-7-3-4-8-18(16)29-20)23-22(25)17-9-10-19(28-2)21(14-17)30(26,27)24-11-5-6-12-24/h3-4,7-10,13-15H,5-6,11-12H2,1-2H3,(H,23,25)/t15-/m0/s1. The van der Waals surface area contributed by atoms with Crippen molar-refractivity contribution in [1.82, 2.24) is 9.62 Å². The Hall–Kier alpha value is -2.84. The normalized spacial score (nSPS) is 15.9. The van der Waals surface area contributed by atoms with Gasteiger partial charge in [0.15, 0.2) is 0 Å². The lowest BCUT2D eigenvalue weighted by Gasteiger charge is -2.18. The molecular formula is C22H24N2O5S. The molecule has 0 saturated carbocycles. The van der Waals surface area contributed by atoms with Gasteiger partial charge in [0.1, 0.15) is 22.0 Å². The van der Waals surface area contributed by atoms with Crippen molar-refractivity contribution in [1.29, 1.82) is 0 Å². The number of amides is 1. The molecule has 0 radical (unpaired) electrons. The van der Waals surface area contributed by atoms with Crippen LogP contribution in [-0.4, -0.2) is 38.8 Å². The summed E-state index contributed by atoms with van der Waals surface area (Å²) in [5, 5.41) is 3.83. The van der Waals surface area contributed by atoms with Gasteiger partial charge >= 0.3 is 0 Å². The molecule has 7 nitrogen and oxygen atoms in total. The van der Waals surface area contributed by atoms with Crippen LogP contribution in [0.3, 0.4) is 0 Å². The quantitative estimate of drug-likeness (QED) is 0.646. The number of hydrogen-bond donors (Lipinski definition) is 1. The minimum Gasteiger partial charge on any atom is -0.495 e. The minimum atomic E-state index is -3.73. The molecule has 1 aliphatic rings. The molecule has 1 atom stereocenters. The fourth-order valence-electron chi connectivity index (χ4n) is 3.65. The van der Waals surface area contributed by atoms with E-state index in [-0.39, 0.29) is 28.2 Å². The van der Waals surface area contributed by atoms with E-state index in [1.807, 2.05) is 37.3 Å². The van der Waals surface area contributed by atoms with E-state index in [2.05, 4.69) is 5.32 Å². The Labute approximate surface area is 175 Å². The van der Waals surface area contributed by atoms with Crippen LogP contribution in [0.2, 0.25) is 0 Å². The molecule has 1 saturated heterocycles. The number of sulfonamides is 1. The van der Waals surface area contributed by atoms with Crippen LogP contribution in [0.1, 0.15) is 41.9 Å². The number of fused-ring (bicyclic) bond motifs is 1. The molecule has 4 rings (SSSR count). The third kappa shape index (κ3) is 3.80. The molecule has 1 aromatic heterocycles. The lowest BCUT2D eigenvalue weighted by molar-refractivity contribution is 0.0935. The molecule has 158 valence electrons. The van der Waals surface area contributed by atoms with E-state index < -0.39 is 10.0 Å². The lowest BCUT2D eigenvalue weighted by atomic mass is 10.1. The number of benzene rings is 2. The van der Waals surface area contributed by atoms with Crippen molar-refractivity contribution < 1.29 is 22.4 Å². The zero-order valence-electron chi connectivity index (χ0n) is 16.9. The van der Waals surface area contributed by atoms with Gasteiger partial charge in [0.25, 0.3) is 5.91 Å². The van der Waals surface area contributed by atoms with Crippen LogP contribution in [0, 0.1) is 0 Å². The molecule has 2 aromatic carbocycles. The molecule has 0 bridgehead atoms. The highest BCUT2D eigenvalue weighted by atomic mass is 32.2. The van der Waals surface area contributed by atoms with E-state index in [0.717, 1.165) is 23.8 Å². The summed E-state index contributed by atoms with van der Waals surface area (Å²) in [4.78, 5) is 12.9. The summed E-state index contributed by atoms with van der Waals surface area (Å²) >= 11 is 0. The Bertz CT molecular complexity index is 1150. The number of nitrogens with one attached hydrogen (secondary N) is 1. The van der Waals surface area contributed by atoms with E-state index in [1.54, 1.807) is 6.07 Å². The molecule has 0 spiro atoms. The van der Waals surface area contributed by atoms with Gasteiger partial charge in [0.2, 0.25) is 10.0 Å². The van der Waals surface area contributed by atoms with E-state index in [1.165, 1.54) is 23.5 Å². The number of ether oxygens (including phenoxy) is 1. The first kappa shape index (κ1) is 20.4. The second-order valence-electron chi connectivity index (χ2n) is 7.36. The molecule has 1 fully saturated rings. The lowest BCUT2D eigenvalue weighted by Crippen LogP contribution is -2.29. The maximum absolute atomic E-state index is 13.0. The summed E-state index contributed by atoms with van der Waals surface area (Å²) in [5.41, 5.74) is 0.994. The summed E-state index contributed by atoms with van der Waals surface area (Å²) in [6.45, 7) is 2.77. The van der Waals surface area contributed by atoms with Crippen LogP contribution in [0.25, 0.3) is 11.0 Å². The molecule has 1 amide bonds. The minimum absolute atomic E-state index is 0.0101. The third-order valence-electron chi connectivity index (χ3n) is 5.33. The molecular weight excluding hydrogens is 404 g/mol. The molecule has 1 N–H and O–H groups in total. The summed E-state index contributed by atoms with van der Waals surface area (Å²) in [6.07, 6.45) is 1.66. The number of furan rings is 1. The molecule has 1 aliphatic heterocycles. The van der Waals surface area contributed by atoms with Gasteiger partial charge in [0.05, 0.1) is 13.2 Å². The van der Waals surface area contributed by atoms with Crippen molar-refractivity contribution >= 4 is 26.9 Å². The van der Waals surface area contributed by atoms with Crippen LogP contribution >= 0.6 is 0 Å². The number of hydrogen-bond acceptors (Lipinski definition) is 5. The maximum atomic E-state index is 13.0. The highest BCUT2D eigenvalue weighted by Gasteiger charge is 2.31. The molecule has 8 heteroatoms. The molecule has 3 aromatic rings. The fourth-order valence-corrected chi connectivity index (χ4v) is 5.35. The van der Waals surface area contributed by atoms with Crippen molar-refractivity contribution in [2.24, 2.45) is 0 Å².